The highest BCUT2D eigenvalue weighted by atomic mass is 19.1. The molecule has 0 saturated carbocycles. The fraction of sp³-hybridized carbons (Fsp3) is 0.667. The molecule has 21 heavy (non-hydrogen) atoms. The van der Waals surface area contributed by atoms with E-state index in [0.717, 1.165) is 13.1 Å². The van der Waals surface area contributed by atoms with Crippen LogP contribution >= 0.6 is 0 Å². The van der Waals surface area contributed by atoms with E-state index in [0.29, 0.717) is 11.6 Å². The lowest BCUT2D eigenvalue weighted by Crippen LogP contribution is -2.42. The van der Waals surface area contributed by atoms with Crippen LogP contribution in [0.3, 0.4) is 0 Å². The van der Waals surface area contributed by atoms with Crippen LogP contribution in [0.25, 0.3) is 0 Å². The van der Waals surface area contributed by atoms with Gasteiger partial charge in [0.2, 0.25) is 0 Å². The monoisotopic (exact) mass is 293 g/mol. The number of hydrogen-bond donors (Lipinski definition) is 1. The van der Waals surface area contributed by atoms with Crippen molar-refractivity contribution in [2.75, 3.05) is 13.1 Å². The van der Waals surface area contributed by atoms with E-state index in [1.165, 1.54) is 38.2 Å². The number of hydrogen-bond acceptors (Lipinski definition) is 2. The van der Waals surface area contributed by atoms with Crippen LogP contribution in [0.5, 0.6) is 0 Å². The minimum absolute atomic E-state index is 0.0411. The van der Waals surface area contributed by atoms with E-state index in [4.69, 9.17) is 0 Å². The van der Waals surface area contributed by atoms with Gasteiger partial charge < -0.3 is 10.0 Å². The molecule has 0 amide bonds. The molecule has 3 unspecified atom stereocenters. The molecule has 1 fully saturated rings. The first-order valence-corrected chi connectivity index (χ1v) is 8.30. The van der Waals surface area contributed by atoms with Crippen LogP contribution in [-0.4, -0.2) is 29.1 Å². The number of benzene rings is 1. The van der Waals surface area contributed by atoms with E-state index in [9.17, 15) is 9.50 Å². The Morgan fingerprint density at radius 2 is 2.10 bits per heavy atom. The number of likely N-dealkylation sites (tertiary alicyclic amines) is 1. The lowest BCUT2D eigenvalue weighted by atomic mass is 9.93. The summed E-state index contributed by atoms with van der Waals surface area (Å²) in [5.41, 5.74) is 0.425. The molecule has 1 saturated heterocycles. The number of piperidine rings is 1. The van der Waals surface area contributed by atoms with Crippen molar-refractivity contribution in [3.05, 3.63) is 35.6 Å². The molecule has 0 radical (unpaired) electrons. The van der Waals surface area contributed by atoms with Gasteiger partial charge in [-0.05, 0) is 37.8 Å². The first-order valence-electron chi connectivity index (χ1n) is 8.30. The molecule has 2 rings (SSSR count). The fourth-order valence-corrected chi connectivity index (χ4v) is 3.45. The lowest BCUT2D eigenvalue weighted by molar-refractivity contribution is 0.0555. The van der Waals surface area contributed by atoms with Gasteiger partial charge in [0.25, 0.3) is 0 Å². The Hall–Kier alpha value is -0.930. The molecule has 1 aromatic rings. The van der Waals surface area contributed by atoms with E-state index in [1.54, 1.807) is 18.2 Å². The van der Waals surface area contributed by atoms with Crippen LogP contribution in [0.4, 0.5) is 4.39 Å². The first kappa shape index (κ1) is 16.4. The van der Waals surface area contributed by atoms with E-state index < -0.39 is 6.10 Å². The third-order valence-electron chi connectivity index (χ3n) is 4.66. The maximum absolute atomic E-state index is 13.8. The van der Waals surface area contributed by atoms with Gasteiger partial charge in [-0.25, -0.2) is 4.39 Å². The zero-order valence-corrected chi connectivity index (χ0v) is 13.3. The van der Waals surface area contributed by atoms with Crippen LogP contribution in [0.15, 0.2) is 24.3 Å². The fourth-order valence-electron chi connectivity index (χ4n) is 3.45. The summed E-state index contributed by atoms with van der Waals surface area (Å²) < 4.78 is 13.8. The molecule has 1 aliphatic heterocycles. The van der Waals surface area contributed by atoms with Crippen molar-refractivity contribution in [1.82, 2.24) is 4.90 Å². The van der Waals surface area contributed by atoms with Gasteiger partial charge in [0, 0.05) is 18.2 Å². The van der Waals surface area contributed by atoms with Gasteiger partial charge in [-0.2, -0.15) is 0 Å². The molecule has 3 heteroatoms. The summed E-state index contributed by atoms with van der Waals surface area (Å²) in [5.74, 6) is -0.264. The highest BCUT2D eigenvalue weighted by molar-refractivity contribution is 5.20. The largest absolute Gasteiger partial charge is 0.388 e. The Balaban J connectivity index is 1.99. The van der Waals surface area contributed by atoms with E-state index in [1.807, 2.05) is 6.92 Å². The number of aliphatic hydroxyl groups excluding tert-OH is 1. The van der Waals surface area contributed by atoms with Crippen LogP contribution in [0.1, 0.15) is 57.6 Å². The van der Waals surface area contributed by atoms with E-state index in [-0.39, 0.29) is 11.7 Å². The summed E-state index contributed by atoms with van der Waals surface area (Å²) in [6.07, 6.45) is 5.51. The summed E-state index contributed by atoms with van der Waals surface area (Å²) in [4.78, 5) is 2.50. The van der Waals surface area contributed by atoms with Gasteiger partial charge in [0.05, 0.1) is 6.10 Å². The highest BCUT2D eigenvalue weighted by Gasteiger charge is 2.27. The molecule has 3 atom stereocenters. The number of rotatable bonds is 6. The van der Waals surface area contributed by atoms with Gasteiger partial charge in [-0.15, -0.1) is 0 Å². The summed E-state index contributed by atoms with van der Waals surface area (Å²) in [6, 6.07) is 7.20. The Morgan fingerprint density at radius 1 is 1.33 bits per heavy atom. The van der Waals surface area contributed by atoms with Crippen molar-refractivity contribution in [2.45, 2.75) is 58.1 Å². The van der Waals surface area contributed by atoms with Gasteiger partial charge in [-0.1, -0.05) is 44.9 Å². The Kier molecular flexibility index (Phi) is 6.19. The Labute approximate surface area is 128 Å². The second-order valence-electron chi connectivity index (χ2n) is 6.38. The predicted octanol–water partition coefficient (Wildman–Crippen LogP) is 4.15. The molecule has 118 valence electrons. The van der Waals surface area contributed by atoms with Crippen molar-refractivity contribution in [3.63, 3.8) is 0 Å². The van der Waals surface area contributed by atoms with Crippen LogP contribution in [0.2, 0.25) is 0 Å². The predicted molar refractivity (Wildman–Crippen MR) is 84.6 cm³/mol. The topological polar surface area (TPSA) is 23.5 Å². The molecule has 1 aromatic carbocycles. The Bertz CT molecular complexity index is 435. The first-order chi connectivity index (χ1) is 10.1. The molecular formula is C18H28FNO. The van der Waals surface area contributed by atoms with Gasteiger partial charge >= 0.3 is 0 Å². The van der Waals surface area contributed by atoms with E-state index >= 15 is 0 Å². The zero-order chi connectivity index (χ0) is 15.2. The minimum atomic E-state index is -0.726. The van der Waals surface area contributed by atoms with E-state index in [2.05, 4.69) is 11.8 Å². The van der Waals surface area contributed by atoms with Crippen molar-refractivity contribution >= 4 is 0 Å². The van der Waals surface area contributed by atoms with Gasteiger partial charge in [0.15, 0.2) is 0 Å². The Morgan fingerprint density at radius 3 is 2.81 bits per heavy atom. The van der Waals surface area contributed by atoms with Crippen LogP contribution < -0.4 is 0 Å². The van der Waals surface area contributed by atoms with Crippen molar-refractivity contribution in [1.29, 1.82) is 0 Å². The summed E-state index contributed by atoms with van der Waals surface area (Å²) >= 11 is 0. The minimum Gasteiger partial charge on any atom is -0.388 e. The number of halogens is 1. The second kappa shape index (κ2) is 7.90. The normalized spacial score (nSPS) is 23.0. The number of aliphatic hydroxyl groups is 1. The zero-order valence-electron chi connectivity index (χ0n) is 13.3. The molecule has 0 aromatic heterocycles. The number of nitrogens with zero attached hydrogens (tertiary/aromatic N) is 1. The smallest absolute Gasteiger partial charge is 0.129 e. The SMILES string of the molecule is CCCC1CCCCN1CC(C)C(O)c1ccccc1F. The average Bonchev–Trinajstić information content (AvgIpc) is 2.49. The standard InChI is InChI=1S/C18H28FNO/c1-3-8-15-9-6-7-12-20(15)13-14(2)18(21)16-10-4-5-11-17(16)19/h4-5,10-11,14-15,18,21H,3,6-9,12-13H2,1-2H3. The molecule has 1 heterocycles. The molecular weight excluding hydrogens is 265 g/mol. The van der Waals surface area contributed by atoms with Crippen LogP contribution in [0, 0.1) is 11.7 Å². The summed E-state index contributed by atoms with van der Waals surface area (Å²) in [7, 11) is 0. The van der Waals surface area contributed by atoms with Gasteiger partial charge in [0.1, 0.15) is 5.82 Å². The molecule has 2 nitrogen and oxygen atoms in total. The molecule has 0 spiro atoms. The second-order valence-corrected chi connectivity index (χ2v) is 6.38. The third-order valence-corrected chi connectivity index (χ3v) is 4.66. The summed E-state index contributed by atoms with van der Waals surface area (Å²) in [6.45, 7) is 6.21. The van der Waals surface area contributed by atoms with Crippen molar-refractivity contribution < 1.29 is 9.50 Å². The quantitative estimate of drug-likeness (QED) is 0.851. The third kappa shape index (κ3) is 4.27. The maximum Gasteiger partial charge on any atom is 0.129 e. The maximum atomic E-state index is 13.8. The summed E-state index contributed by atoms with van der Waals surface area (Å²) in [5, 5.41) is 10.5. The highest BCUT2D eigenvalue weighted by Crippen LogP contribution is 2.28. The van der Waals surface area contributed by atoms with Crippen molar-refractivity contribution in [3.8, 4) is 0 Å². The lowest BCUT2D eigenvalue weighted by Gasteiger charge is -2.38. The van der Waals surface area contributed by atoms with Gasteiger partial charge in [-0.3, -0.25) is 0 Å². The van der Waals surface area contributed by atoms with Crippen molar-refractivity contribution in [2.24, 2.45) is 5.92 Å². The average molecular weight is 293 g/mol. The molecule has 1 aliphatic rings. The molecule has 1 N–H and O–H groups in total. The van der Waals surface area contributed by atoms with Crippen LogP contribution in [-0.2, 0) is 0 Å². The molecule has 0 bridgehead atoms. The molecule has 0 aliphatic carbocycles.